The summed E-state index contributed by atoms with van der Waals surface area (Å²) in [5.74, 6) is 0. The number of benzene rings is 8. The molecule has 0 aliphatic heterocycles. The number of rotatable bonds is 3. The molecule has 1 aliphatic rings. The summed E-state index contributed by atoms with van der Waals surface area (Å²) in [6, 6.07) is 58.3. The smallest absolute Gasteiger partial charge is 0.0165 e. The maximum absolute atomic E-state index is 2.42. The second kappa shape index (κ2) is 9.78. The molecule has 8 aromatic carbocycles. The Labute approximate surface area is 264 Å². The van der Waals surface area contributed by atoms with Crippen molar-refractivity contribution < 1.29 is 0 Å². The minimum absolute atomic E-state index is 0.0759. The highest BCUT2D eigenvalue weighted by molar-refractivity contribution is 6.28. The molecular weight excluding hydrogens is 540 g/mol. The summed E-state index contributed by atoms with van der Waals surface area (Å²) in [4.78, 5) is 0. The third-order valence-corrected chi connectivity index (χ3v) is 10.00. The molecule has 0 N–H and O–H groups in total. The molecule has 0 fully saturated rings. The summed E-state index contributed by atoms with van der Waals surface area (Å²) in [7, 11) is 0. The van der Waals surface area contributed by atoms with Crippen LogP contribution in [0.15, 0.2) is 158 Å². The molecule has 0 spiro atoms. The molecule has 0 bridgehead atoms. The molecule has 0 atom stereocenters. The van der Waals surface area contributed by atoms with Crippen LogP contribution in [0.3, 0.4) is 0 Å². The topological polar surface area (TPSA) is 0 Å². The Hall–Kier alpha value is -5.46. The molecule has 0 nitrogen and oxygen atoms in total. The lowest BCUT2D eigenvalue weighted by atomic mass is 9.78. The number of fused-ring (bicyclic) bond motifs is 10. The molecule has 0 saturated carbocycles. The van der Waals surface area contributed by atoms with Crippen LogP contribution in [-0.4, -0.2) is 0 Å². The van der Waals surface area contributed by atoms with Crippen molar-refractivity contribution in [1.29, 1.82) is 0 Å². The van der Waals surface area contributed by atoms with E-state index >= 15 is 0 Å². The van der Waals surface area contributed by atoms with E-state index in [9.17, 15) is 0 Å². The van der Waals surface area contributed by atoms with E-state index in [1.165, 1.54) is 88.0 Å². The molecule has 212 valence electrons. The minimum Gasteiger partial charge on any atom is -0.0622 e. The Morgan fingerprint density at radius 2 is 0.844 bits per heavy atom. The zero-order valence-corrected chi connectivity index (χ0v) is 25.5. The Morgan fingerprint density at radius 1 is 0.333 bits per heavy atom. The Balaban J connectivity index is 1.32. The van der Waals surface area contributed by atoms with E-state index < -0.39 is 0 Å². The van der Waals surface area contributed by atoms with E-state index in [1.807, 2.05) is 0 Å². The maximum Gasteiger partial charge on any atom is 0.0165 e. The van der Waals surface area contributed by atoms with Crippen molar-refractivity contribution in [1.82, 2.24) is 0 Å². The first-order chi connectivity index (χ1) is 22.1. The lowest BCUT2D eigenvalue weighted by Crippen LogP contribution is -2.15. The third kappa shape index (κ3) is 3.92. The zero-order chi connectivity index (χ0) is 30.1. The highest BCUT2D eigenvalue weighted by Crippen LogP contribution is 2.53. The van der Waals surface area contributed by atoms with Crippen LogP contribution in [0.5, 0.6) is 0 Å². The maximum atomic E-state index is 2.42. The van der Waals surface area contributed by atoms with Crippen molar-refractivity contribution in [2.45, 2.75) is 19.3 Å². The van der Waals surface area contributed by atoms with Crippen LogP contribution < -0.4 is 0 Å². The Bertz CT molecular complexity index is 2350. The average molecular weight is 573 g/mol. The van der Waals surface area contributed by atoms with Gasteiger partial charge in [-0.05, 0) is 112 Å². The van der Waals surface area contributed by atoms with Crippen LogP contribution >= 0.6 is 0 Å². The largest absolute Gasteiger partial charge is 0.0622 e. The summed E-state index contributed by atoms with van der Waals surface area (Å²) in [6.07, 6.45) is 0. The van der Waals surface area contributed by atoms with Gasteiger partial charge in [-0.25, -0.2) is 0 Å². The van der Waals surface area contributed by atoms with Crippen molar-refractivity contribution in [3.05, 3.63) is 169 Å². The summed E-state index contributed by atoms with van der Waals surface area (Å²) >= 11 is 0. The van der Waals surface area contributed by atoms with Crippen LogP contribution in [-0.2, 0) is 5.41 Å². The van der Waals surface area contributed by atoms with Crippen molar-refractivity contribution in [2.24, 2.45) is 0 Å². The fourth-order valence-electron chi connectivity index (χ4n) is 7.88. The fraction of sp³-hybridized carbons (Fsp3) is 0.0667. The van der Waals surface area contributed by atoms with Gasteiger partial charge in [-0.2, -0.15) is 0 Å². The van der Waals surface area contributed by atoms with Gasteiger partial charge in [0.15, 0.2) is 0 Å². The van der Waals surface area contributed by atoms with Crippen LogP contribution in [0.2, 0.25) is 0 Å². The molecule has 0 radical (unpaired) electrons. The zero-order valence-electron chi connectivity index (χ0n) is 25.5. The van der Waals surface area contributed by atoms with Crippen molar-refractivity contribution in [3.63, 3.8) is 0 Å². The first kappa shape index (κ1) is 26.0. The van der Waals surface area contributed by atoms with E-state index in [4.69, 9.17) is 0 Å². The van der Waals surface area contributed by atoms with Gasteiger partial charge in [0.1, 0.15) is 0 Å². The van der Waals surface area contributed by atoms with Gasteiger partial charge in [0, 0.05) is 5.41 Å². The Morgan fingerprint density at radius 3 is 1.53 bits per heavy atom. The average Bonchev–Trinajstić information content (AvgIpc) is 3.35. The van der Waals surface area contributed by atoms with E-state index in [2.05, 4.69) is 172 Å². The monoisotopic (exact) mass is 572 g/mol. The second-order valence-corrected chi connectivity index (χ2v) is 12.9. The lowest BCUT2D eigenvalue weighted by Gasteiger charge is -2.24. The second-order valence-electron chi connectivity index (χ2n) is 12.9. The standard InChI is InChI=1S/C45H32/c1-45(2)42-20-12-11-18-37(42)40-24-23-39-36-22-21-31(28-41(36)35-17-9-10-19-38(35)43(39)44(40)45)34-26-32(29-13-5-3-6-14-29)25-33(27-34)30-15-7-4-8-16-30/h3-28H,1-2H3. The van der Waals surface area contributed by atoms with Crippen molar-refractivity contribution in [3.8, 4) is 44.5 Å². The molecule has 0 unspecified atom stereocenters. The van der Waals surface area contributed by atoms with Gasteiger partial charge < -0.3 is 0 Å². The summed E-state index contributed by atoms with van der Waals surface area (Å²) in [5.41, 5.74) is 12.9. The summed E-state index contributed by atoms with van der Waals surface area (Å²) < 4.78 is 0. The molecule has 1 aliphatic carbocycles. The van der Waals surface area contributed by atoms with Gasteiger partial charge in [-0.3, -0.25) is 0 Å². The molecule has 0 amide bonds. The predicted molar refractivity (Wildman–Crippen MR) is 193 cm³/mol. The van der Waals surface area contributed by atoms with Crippen LogP contribution in [0.4, 0.5) is 0 Å². The van der Waals surface area contributed by atoms with Gasteiger partial charge in [-0.1, -0.05) is 147 Å². The summed E-state index contributed by atoms with van der Waals surface area (Å²) in [6.45, 7) is 4.78. The normalized spacial score (nSPS) is 13.3. The minimum atomic E-state index is -0.0759. The van der Waals surface area contributed by atoms with Gasteiger partial charge in [0.2, 0.25) is 0 Å². The predicted octanol–water partition coefficient (Wildman–Crippen LogP) is 12.5. The van der Waals surface area contributed by atoms with Crippen LogP contribution in [0.1, 0.15) is 25.0 Å². The first-order valence-electron chi connectivity index (χ1n) is 15.9. The van der Waals surface area contributed by atoms with Gasteiger partial charge in [0.05, 0.1) is 0 Å². The molecule has 45 heavy (non-hydrogen) atoms. The highest BCUT2D eigenvalue weighted by Gasteiger charge is 2.37. The van der Waals surface area contributed by atoms with Crippen molar-refractivity contribution in [2.75, 3.05) is 0 Å². The quantitative estimate of drug-likeness (QED) is 0.185. The Kier molecular flexibility index (Phi) is 5.64. The molecule has 9 rings (SSSR count). The molecular formula is C45H32. The van der Waals surface area contributed by atoms with E-state index in [1.54, 1.807) is 0 Å². The van der Waals surface area contributed by atoms with Crippen LogP contribution in [0.25, 0.3) is 76.8 Å². The number of hydrogen-bond donors (Lipinski definition) is 0. The van der Waals surface area contributed by atoms with Gasteiger partial charge in [-0.15, -0.1) is 0 Å². The molecule has 8 aromatic rings. The highest BCUT2D eigenvalue weighted by atomic mass is 14.4. The molecule has 0 heteroatoms. The lowest BCUT2D eigenvalue weighted by molar-refractivity contribution is 0.666. The van der Waals surface area contributed by atoms with Gasteiger partial charge in [0.25, 0.3) is 0 Å². The third-order valence-electron chi connectivity index (χ3n) is 10.00. The van der Waals surface area contributed by atoms with Crippen molar-refractivity contribution >= 4 is 32.3 Å². The van der Waals surface area contributed by atoms with E-state index in [0.717, 1.165) is 0 Å². The molecule has 0 heterocycles. The molecule has 0 aromatic heterocycles. The SMILES string of the molecule is CC1(C)c2ccccc2-c2ccc3c4ccc(-c5cc(-c6ccccc6)cc(-c6ccccc6)c5)cc4c4ccccc4c3c21. The van der Waals surface area contributed by atoms with E-state index in [0.29, 0.717) is 0 Å². The molecule has 0 saturated heterocycles. The van der Waals surface area contributed by atoms with Gasteiger partial charge >= 0.3 is 0 Å². The van der Waals surface area contributed by atoms with Crippen LogP contribution in [0, 0.1) is 0 Å². The van der Waals surface area contributed by atoms with E-state index in [-0.39, 0.29) is 5.41 Å². The first-order valence-corrected chi connectivity index (χ1v) is 15.9. The summed E-state index contributed by atoms with van der Waals surface area (Å²) in [5, 5.41) is 7.97. The fourth-order valence-corrected chi connectivity index (χ4v) is 7.88. The number of hydrogen-bond acceptors (Lipinski definition) is 0.